The van der Waals surface area contributed by atoms with E-state index < -0.39 is 0 Å². The van der Waals surface area contributed by atoms with E-state index in [4.69, 9.17) is 5.84 Å². The second kappa shape index (κ2) is 5.81. The first-order valence-electron chi connectivity index (χ1n) is 5.60. The van der Waals surface area contributed by atoms with Gasteiger partial charge in [0.25, 0.3) is 5.91 Å². The molecule has 0 saturated heterocycles. The highest BCUT2D eigenvalue weighted by Gasteiger charge is 2.11. The molecule has 0 aliphatic carbocycles. The van der Waals surface area contributed by atoms with Crippen molar-refractivity contribution >= 4 is 33.3 Å². The van der Waals surface area contributed by atoms with Crippen LogP contribution in [0.15, 0.2) is 41.0 Å². The SMILES string of the molecule is Cc1ccc(C(=O)Nc2ccc(Br)cn2)c(NN)c1. The van der Waals surface area contributed by atoms with Crippen molar-refractivity contribution < 1.29 is 4.79 Å². The molecule has 2 rings (SSSR count). The maximum Gasteiger partial charge on any atom is 0.258 e. The van der Waals surface area contributed by atoms with Crippen molar-refractivity contribution in [1.82, 2.24) is 4.98 Å². The second-order valence-electron chi connectivity index (χ2n) is 4.01. The van der Waals surface area contributed by atoms with E-state index in [2.05, 4.69) is 31.7 Å². The Bertz CT molecular complexity index is 598. The average molecular weight is 321 g/mol. The molecule has 5 nitrogen and oxygen atoms in total. The van der Waals surface area contributed by atoms with Gasteiger partial charge in [-0.3, -0.25) is 10.6 Å². The van der Waals surface area contributed by atoms with Crippen molar-refractivity contribution in [2.24, 2.45) is 5.84 Å². The zero-order chi connectivity index (χ0) is 13.8. The number of nitrogens with zero attached hydrogens (tertiary/aromatic N) is 1. The van der Waals surface area contributed by atoms with E-state index in [9.17, 15) is 4.79 Å². The van der Waals surface area contributed by atoms with Gasteiger partial charge in [-0.05, 0) is 52.7 Å². The zero-order valence-corrected chi connectivity index (χ0v) is 11.9. The molecule has 0 spiro atoms. The Labute approximate surface area is 119 Å². The molecule has 0 bridgehead atoms. The number of aryl methyl sites for hydroxylation is 1. The molecule has 6 heteroatoms. The maximum absolute atomic E-state index is 12.1. The van der Waals surface area contributed by atoms with Crippen LogP contribution in [0.1, 0.15) is 15.9 Å². The summed E-state index contributed by atoms with van der Waals surface area (Å²) < 4.78 is 0.852. The number of anilines is 2. The van der Waals surface area contributed by atoms with Crippen LogP contribution in [0.4, 0.5) is 11.5 Å². The number of carbonyl (C=O) groups excluding carboxylic acids is 1. The first kappa shape index (κ1) is 13.5. The van der Waals surface area contributed by atoms with Crippen LogP contribution in [0.5, 0.6) is 0 Å². The third-order valence-electron chi connectivity index (χ3n) is 2.54. The predicted molar refractivity (Wildman–Crippen MR) is 78.9 cm³/mol. The molecule has 0 unspecified atom stereocenters. The van der Waals surface area contributed by atoms with Gasteiger partial charge in [0.15, 0.2) is 0 Å². The average Bonchev–Trinajstić information content (AvgIpc) is 2.41. The van der Waals surface area contributed by atoms with Crippen molar-refractivity contribution in [3.63, 3.8) is 0 Å². The predicted octanol–water partition coefficient (Wildman–Crippen LogP) is 2.69. The molecule has 1 aromatic carbocycles. The number of benzene rings is 1. The summed E-state index contributed by atoms with van der Waals surface area (Å²) in [4.78, 5) is 16.2. The molecule has 1 amide bonds. The van der Waals surface area contributed by atoms with E-state index >= 15 is 0 Å². The Morgan fingerprint density at radius 1 is 1.32 bits per heavy atom. The number of hydrazine groups is 1. The van der Waals surface area contributed by atoms with Crippen molar-refractivity contribution in [2.75, 3.05) is 10.7 Å². The minimum absolute atomic E-state index is 0.261. The Morgan fingerprint density at radius 2 is 2.11 bits per heavy atom. The third kappa shape index (κ3) is 3.30. The van der Waals surface area contributed by atoms with Crippen LogP contribution < -0.4 is 16.6 Å². The number of hydrogen-bond acceptors (Lipinski definition) is 4. The van der Waals surface area contributed by atoms with E-state index in [1.165, 1.54) is 0 Å². The van der Waals surface area contributed by atoms with Gasteiger partial charge in [-0.2, -0.15) is 0 Å². The molecule has 19 heavy (non-hydrogen) atoms. The third-order valence-corrected chi connectivity index (χ3v) is 3.01. The normalized spacial score (nSPS) is 10.1. The molecular weight excluding hydrogens is 308 g/mol. The first-order chi connectivity index (χ1) is 9.10. The number of amides is 1. The lowest BCUT2D eigenvalue weighted by Crippen LogP contribution is -2.17. The van der Waals surface area contributed by atoms with Crippen molar-refractivity contribution in [2.45, 2.75) is 6.92 Å². The van der Waals surface area contributed by atoms with E-state index in [0.29, 0.717) is 17.1 Å². The first-order valence-corrected chi connectivity index (χ1v) is 6.39. The topological polar surface area (TPSA) is 80.0 Å². The molecule has 0 radical (unpaired) electrons. The number of aromatic nitrogens is 1. The summed E-state index contributed by atoms with van der Waals surface area (Å²) in [6.45, 7) is 1.93. The van der Waals surface area contributed by atoms with E-state index in [1.54, 1.807) is 24.4 Å². The fourth-order valence-electron chi connectivity index (χ4n) is 1.61. The molecule has 1 heterocycles. The lowest BCUT2D eigenvalue weighted by atomic mass is 10.1. The molecular formula is C13H13BrN4O. The maximum atomic E-state index is 12.1. The number of nitrogens with one attached hydrogen (secondary N) is 2. The van der Waals surface area contributed by atoms with Gasteiger partial charge in [0.1, 0.15) is 5.82 Å². The van der Waals surface area contributed by atoms with Gasteiger partial charge < -0.3 is 10.7 Å². The highest BCUT2D eigenvalue weighted by molar-refractivity contribution is 9.10. The second-order valence-corrected chi connectivity index (χ2v) is 4.92. The molecule has 0 aliphatic rings. The van der Waals surface area contributed by atoms with E-state index in [-0.39, 0.29) is 5.91 Å². The van der Waals surface area contributed by atoms with Crippen molar-refractivity contribution in [3.05, 3.63) is 52.1 Å². The molecule has 0 aliphatic heterocycles. The zero-order valence-electron chi connectivity index (χ0n) is 10.3. The number of nitrogens with two attached hydrogens (primary N) is 1. The summed E-state index contributed by atoms with van der Waals surface area (Å²) in [5, 5.41) is 2.71. The molecule has 2 aromatic rings. The standard InChI is InChI=1S/C13H13BrN4O/c1-8-2-4-10(11(6-8)18-15)13(19)17-12-5-3-9(14)7-16-12/h2-7,18H,15H2,1H3,(H,16,17,19). The van der Waals surface area contributed by atoms with E-state index in [0.717, 1.165) is 10.0 Å². The van der Waals surface area contributed by atoms with Crippen molar-refractivity contribution in [3.8, 4) is 0 Å². The lowest BCUT2D eigenvalue weighted by molar-refractivity contribution is 0.102. The van der Waals surface area contributed by atoms with Gasteiger partial charge >= 0.3 is 0 Å². The van der Waals surface area contributed by atoms with Crippen LogP contribution in [0.2, 0.25) is 0 Å². The minimum Gasteiger partial charge on any atom is -0.323 e. The van der Waals surface area contributed by atoms with Crippen LogP contribution in [0, 0.1) is 6.92 Å². The summed E-state index contributed by atoms with van der Waals surface area (Å²) in [6, 6.07) is 8.90. The van der Waals surface area contributed by atoms with Crippen LogP contribution in [-0.4, -0.2) is 10.9 Å². The number of carbonyl (C=O) groups is 1. The number of pyridine rings is 1. The van der Waals surface area contributed by atoms with Crippen molar-refractivity contribution in [1.29, 1.82) is 0 Å². The summed E-state index contributed by atoms with van der Waals surface area (Å²) in [5.41, 5.74) is 4.59. The summed E-state index contributed by atoms with van der Waals surface area (Å²) in [5.74, 6) is 5.64. The van der Waals surface area contributed by atoms with Crippen LogP contribution in [0.3, 0.4) is 0 Å². The lowest BCUT2D eigenvalue weighted by Gasteiger charge is -2.10. The summed E-state index contributed by atoms with van der Waals surface area (Å²) in [6.07, 6.45) is 1.62. The largest absolute Gasteiger partial charge is 0.323 e. The molecule has 0 saturated carbocycles. The summed E-state index contributed by atoms with van der Waals surface area (Å²) >= 11 is 3.29. The molecule has 0 fully saturated rings. The molecule has 98 valence electrons. The van der Waals surface area contributed by atoms with Gasteiger partial charge in [0.2, 0.25) is 0 Å². The Hall–Kier alpha value is -1.92. The van der Waals surface area contributed by atoms with Gasteiger partial charge in [-0.1, -0.05) is 6.07 Å². The number of halogens is 1. The van der Waals surface area contributed by atoms with Crippen LogP contribution >= 0.6 is 15.9 Å². The Morgan fingerprint density at radius 3 is 2.74 bits per heavy atom. The molecule has 0 atom stereocenters. The fourth-order valence-corrected chi connectivity index (χ4v) is 1.84. The van der Waals surface area contributed by atoms with Gasteiger partial charge in [-0.25, -0.2) is 4.98 Å². The Kier molecular flexibility index (Phi) is 4.13. The monoisotopic (exact) mass is 320 g/mol. The van der Waals surface area contributed by atoms with Gasteiger partial charge in [0.05, 0.1) is 11.3 Å². The number of nitrogen functional groups attached to an aromatic ring is 1. The van der Waals surface area contributed by atoms with E-state index in [1.807, 2.05) is 19.1 Å². The van der Waals surface area contributed by atoms with Gasteiger partial charge in [0, 0.05) is 10.7 Å². The number of rotatable bonds is 3. The number of hydrogen-bond donors (Lipinski definition) is 3. The fraction of sp³-hybridized carbons (Fsp3) is 0.0769. The quantitative estimate of drug-likeness (QED) is 0.600. The van der Waals surface area contributed by atoms with Crippen LogP contribution in [-0.2, 0) is 0 Å². The Balaban J connectivity index is 2.22. The molecule has 4 N–H and O–H groups in total. The minimum atomic E-state index is -0.261. The molecule has 1 aromatic heterocycles. The smallest absolute Gasteiger partial charge is 0.258 e. The van der Waals surface area contributed by atoms with Gasteiger partial charge in [-0.15, -0.1) is 0 Å². The highest BCUT2D eigenvalue weighted by Crippen LogP contribution is 2.18. The summed E-state index contributed by atoms with van der Waals surface area (Å²) in [7, 11) is 0. The highest BCUT2D eigenvalue weighted by atomic mass is 79.9. The van der Waals surface area contributed by atoms with Crippen LogP contribution in [0.25, 0.3) is 0 Å².